The summed E-state index contributed by atoms with van der Waals surface area (Å²) in [5.41, 5.74) is 1.02. The van der Waals surface area contributed by atoms with Crippen LogP contribution in [0.4, 0.5) is 5.69 Å². The lowest BCUT2D eigenvalue weighted by molar-refractivity contribution is 0.0973. The monoisotopic (exact) mass is 396 g/mol. The number of ether oxygens (including phenoxy) is 1. The van der Waals surface area contributed by atoms with Gasteiger partial charge in [0.2, 0.25) is 0 Å². The lowest BCUT2D eigenvalue weighted by Gasteiger charge is -2.13. The molecule has 0 aliphatic carbocycles. The summed E-state index contributed by atoms with van der Waals surface area (Å²) in [7, 11) is 0. The van der Waals surface area contributed by atoms with E-state index in [4.69, 9.17) is 40.2 Å². The van der Waals surface area contributed by atoms with Crippen molar-refractivity contribution in [2.75, 3.05) is 11.9 Å². The zero-order chi connectivity index (χ0) is 18.2. The van der Waals surface area contributed by atoms with Gasteiger partial charge in [0.15, 0.2) is 5.11 Å². The molecule has 0 radical (unpaired) electrons. The molecule has 2 aromatic carbocycles. The first-order valence-corrected chi connectivity index (χ1v) is 8.96. The minimum Gasteiger partial charge on any atom is -0.493 e. The molecule has 0 aromatic heterocycles. The quantitative estimate of drug-likeness (QED) is 0.513. The van der Waals surface area contributed by atoms with Crippen molar-refractivity contribution < 1.29 is 9.53 Å². The highest BCUT2D eigenvalue weighted by Crippen LogP contribution is 2.22. The Labute approximate surface area is 162 Å². The van der Waals surface area contributed by atoms with Crippen LogP contribution in [0.5, 0.6) is 5.75 Å². The van der Waals surface area contributed by atoms with Crippen molar-refractivity contribution in [2.24, 2.45) is 0 Å². The number of anilines is 1. The number of para-hydroxylation sites is 1. The molecule has 132 valence electrons. The number of halogens is 2. The number of carbonyl (C=O) groups excluding carboxylic acids is 1. The third kappa shape index (κ3) is 6.20. The molecule has 0 aliphatic rings. The summed E-state index contributed by atoms with van der Waals surface area (Å²) >= 11 is 17.1. The van der Waals surface area contributed by atoms with E-state index < -0.39 is 0 Å². The summed E-state index contributed by atoms with van der Waals surface area (Å²) in [6, 6.07) is 12.0. The van der Waals surface area contributed by atoms with Gasteiger partial charge in [0, 0.05) is 15.7 Å². The second-order valence-electron chi connectivity index (χ2n) is 5.26. The molecule has 2 rings (SSSR count). The van der Waals surface area contributed by atoms with E-state index in [1.54, 1.807) is 36.4 Å². The molecule has 4 nitrogen and oxygen atoms in total. The van der Waals surface area contributed by atoms with Gasteiger partial charge in [0.1, 0.15) is 5.75 Å². The van der Waals surface area contributed by atoms with Gasteiger partial charge in [-0.25, -0.2) is 0 Å². The Bertz CT molecular complexity index is 748. The molecule has 0 bridgehead atoms. The van der Waals surface area contributed by atoms with Crippen LogP contribution in [-0.4, -0.2) is 17.6 Å². The van der Waals surface area contributed by atoms with Crippen molar-refractivity contribution in [3.05, 3.63) is 58.1 Å². The van der Waals surface area contributed by atoms with Gasteiger partial charge in [-0.15, -0.1) is 0 Å². The van der Waals surface area contributed by atoms with Crippen LogP contribution in [0, 0.1) is 0 Å². The predicted octanol–water partition coefficient (Wildman–Crippen LogP) is 5.30. The molecule has 2 N–H and O–H groups in total. The Balaban J connectivity index is 2.02. The number of carbonyl (C=O) groups is 1. The standard InChI is InChI=1S/C18H18Cl2N2O2S/c1-2-3-8-24-16-7-5-4-6-15(16)17(23)22-18(25)21-14-10-12(19)9-13(20)11-14/h4-7,9-11H,2-3,8H2,1H3,(H2,21,22,23,25). The van der Waals surface area contributed by atoms with Crippen molar-refractivity contribution in [1.29, 1.82) is 0 Å². The van der Waals surface area contributed by atoms with Gasteiger partial charge < -0.3 is 10.1 Å². The maximum atomic E-state index is 12.5. The van der Waals surface area contributed by atoms with Crippen LogP contribution >= 0.6 is 35.4 Å². The molecular formula is C18H18Cl2N2O2S. The summed E-state index contributed by atoms with van der Waals surface area (Å²) < 4.78 is 5.67. The normalized spacial score (nSPS) is 10.2. The zero-order valence-electron chi connectivity index (χ0n) is 13.6. The molecule has 0 aliphatic heterocycles. The number of amides is 1. The van der Waals surface area contributed by atoms with Crippen molar-refractivity contribution in [3.63, 3.8) is 0 Å². The Morgan fingerprint density at radius 1 is 1.16 bits per heavy atom. The van der Waals surface area contributed by atoms with Gasteiger partial charge in [0.25, 0.3) is 5.91 Å². The van der Waals surface area contributed by atoms with E-state index in [0.29, 0.717) is 33.7 Å². The Hall–Kier alpha value is -1.82. The predicted molar refractivity (Wildman–Crippen MR) is 107 cm³/mol. The first-order chi connectivity index (χ1) is 12.0. The molecule has 0 fully saturated rings. The zero-order valence-corrected chi connectivity index (χ0v) is 16.0. The number of rotatable bonds is 6. The average Bonchev–Trinajstić information content (AvgIpc) is 2.54. The summed E-state index contributed by atoms with van der Waals surface area (Å²) in [6.07, 6.45) is 1.94. The molecule has 2 aromatic rings. The fourth-order valence-corrected chi connectivity index (χ4v) is 2.80. The number of nitrogens with one attached hydrogen (secondary N) is 2. The summed E-state index contributed by atoms with van der Waals surface area (Å²) in [6.45, 7) is 2.64. The molecule has 0 spiro atoms. The van der Waals surface area contributed by atoms with Crippen molar-refractivity contribution in [3.8, 4) is 5.75 Å². The second-order valence-corrected chi connectivity index (χ2v) is 6.55. The second kappa shape index (κ2) is 9.61. The highest BCUT2D eigenvalue weighted by atomic mass is 35.5. The molecule has 0 saturated carbocycles. The first-order valence-electron chi connectivity index (χ1n) is 7.80. The summed E-state index contributed by atoms with van der Waals surface area (Å²) in [5, 5.41) is 6.60. The maximum Gasteiger partial charge on any atom is 0.261 e. The van der Waals surface area contributed by atoms with Crippen molar-refractivity contribution in [1.82, 2.24) is 5.32 Å². The minimum absolute atomic E-state index is 0.145. The van der Waals surface area contributed by atoms with Crippen LogP contribution in [0.15, 0.2) is 42.5 Å². The van der Waals surface area contributed by atoms with Crippen LogP contribution in [0.1, 0.15) is 30.1 Å². The third-order valence-electron chi connectivity index (χ3n) is 3.23. The fourth-order valence-electron chi connectivity index (χ4n) is 2.07. The largest absolute Gasteiger partial charge is 0.493 e. The SMILES string of the molecule is CCCCOc1ccccc1C(=O)NC(=S)Nc1cc(Cl)cc(Cl)c1. The van der Waals surface area contributed by atoms with Crippen LogP contribution in [-0.2, 0) is 0 Å². The van der Waals surface area contributed by atoms with Gasteiger partial charge in [0.05, 0.1) is 12.2 Å². The number of unbranched alkanes of at least 4 members (excludes halogenated alkanes) is 1. The summed E-state index contributed by atoms with van der Waals surface area (Å²) in [5.74, 6) is 0.180. The van der Waals surface area contributed by atoms with Gasteiger partial charge in [-0.3, -0.25) is 10.1 Å². The van der Waals surface area contributed by atoms with E-state index in [1.165, 1.54) is 0 Å². The van der Waals surface area contributed by atoms with Gasteiger partial charge >= 0.3 is 0 Å². The van der Waals surface area contributed by atoms with E-state index in [0.717, 1.165) is 12.8 Å². The number of benzene rings is 2. The number of hydrogen-bond acceptors (Lipinski definition) is 3. The minimum atomic E-state index is -0.349. The van der Waals surface area contributed by atoms with Crippen LogP contribution in [0.25, 0.3) is 0 Å². The van der Waals surface area contributed by atoms with E-state index in [2.05, 4.69) is 17.6 Å². The van der Waals surface area contributed by atoms with E-state index in [9.17, 15) is 4.79 Å². The average molecular weight is 397 g/mol. The van der Waals surface area contributed by atoms with Crippen LogP contribution in [0.2, 0.25) is 10.0 Å². The maximum absolute atomic E-state index is 12.5. The van der Waals surface area contributed by atoms with Gasteiger partial charge in [-0.2, -0.15) is 0 Å². The molecule has 25 heavy (non-hydrogen) atoms. The number of thiocarbonyl (C=S) groups is 1. The van der Waals surface area contributed by atoms with Crippen LogP contribution in [0.3, 0.4) is 0 Å². The van der Waals surface area contributed by atoms with Gasteiger partial charge in [-0.1, -0.05) is 48.7 Å². The Morgan fingerprint density at radius 3 is 2.52 bits per heavy atom. The van der Waals surface area contributed by atoms with Crippen molar-refractivity contribution >= 4 is 52.1 Å². The summed E-state index contributed by atoms with van der Waals surface area (Å²) in [4.78, 5) is 12.5. The molecule has 0 unspecified atom stereocenters. The Morgan fingerprint density at radius 2 is 1.84 bits per heavy atom. The first kappa shape index (κ1) is 19.5. The molecule has 0 saturated heterocycles. The molecular weight excluding hydrogens is 379 g/mol. The van der Waals surface area contributed by atoms with Crippen LogP contribution < -0.4 is 15.4 Å². The molecule has 1 amide bonds. The molecule has 0 heterocycles. The van der Waals surface area contributed by atoms with Gasteiger partial charge in [-0.05, 0) is 49.0 Å². The lowest BCUT2D eigenvalue weighted by Crippen LogP contribution is -2.34. The molecule has 7 heteroatoms. The highest BCUT2D eigenvalue weighted by Gasteiger charge is 2.13. The number of hydrogen-bond donors (Lipinski definition) is 2. The Kier molecular flexibility index (Phi) is 7.50. The topological polar surface area (TPSA) is 50.4 Å². The lowest BCUT2D eigenvalue weighted by atomic mass is 10.2. The van der Waals surface area contributed by atoms with E-state index >= 15 is 0 Å². The van der Waals surface area contributed by atoms with Crippen molar-refractivity contribution in [2.45, 2.75) is 19.8 Å². The fraction of sp³-hybridized carbons (Fsp3) is 0.222. The van der Waals surface area contributed by atoms with E-state index in [-0.39, 0.29) is 11.0 Å². The third-order valence-corrected chi connectivity index (χ3v) is 3.88. The molecule has 0 atom stereocenters. The van der Waals surface area contributed by atoms with E-state index in [1.807, 2.05) is 6.07 Å². The smallest absolute Gasteiger partial charge is 0.261 e. The highest BCUT2D eigenvalue weighted by molar-refractivity contribution is 7.80.